The molecule has 0 saturated carbocycles. The number of hydrogen-bond acceptors (Lipinski definition) is 2. The lowest BCUT2D eigenvalue weighted by molar-refractivity contribution is -0.128. The Kier molecular flexibility index (Phi) is 7.05. The van der Waals surface area contributed by atoms with Crippen LogP contribution in [-0.2, 0) is 11.2 Å². The van der Waals surface area contributed by atoms with E-state index in [1.54, 1.807) is 0 Å². The van der Waals surface area contributed by atoms with Gasteiger partial charge in [0.2, 0.25) is 0 Å². The molecule has 1 N–H and O–H groups in total. The highest BCUT2D eigenvalue weighted by atomic mass is 16.5. The van der Waals surface area contributed by atoms with Gasteiger partial charge in [0, 0.05) is 6.54 Å². The first kappa shape index (κ1) is 19.0. The second kappa shape index (κ2) is 9.26. The molecule has 3 nitrogen and oxygen atoms in total. The number of carbonyl (C=O) groups is 1. The lowest BCUT2D eigenvalue weighted by atomic mass is 10.1. The van der Waals surface area contributed by atoms with Crippen molar-refractivity contribution < 1.29 is 9.53 Å². The Morgan fingerprint density at radius 1 is 1.12 bits per heavy atom. The Bertz CT molecular complexity index is 709. The van der Waals surface area contributed by atoms with Crippen molar-refractivity contribution in [2.45, 2.75) is 53.1 Å². The average Bonchev–Trinajstić information content (AvgIpc) is 2.60. The molecule has 0 heterocycles. The van der Waals surface area contributed by atoms with E-state index >= 15 is 0 Å². The first-order valence-corrected chi connectivity index (χ1v) is 9.07. The zero-order valence-electron chi connectivity index (χ0n) is 15.8. The highest BCUT2D eigenvalue weighted by molar-refractivity contribution is 5.81. The van der Waals surface area contributed by atoms with Crippen molar-refractivity contribution in [2.75, 3.05) is 6.54 Å². The lowest BCUT2D eigenvalue weighted by Gasteiger charge is -2.19. The molecule has 2 rings (SSSR count). The van der Waals surface area contributed by atoms with E-state index in [9.17, 15) is 4.79 Å². The topological polar surface area (TPSA) is 38.3 Å². The van der Waals surface area contributed by atoms with E-state index < -0.39 is 6.10 Å². The van der Waals surface area contributed by atoms with E-state index in [1.165, 1.54) is 16.7 Å². The minimum absolute atomic E-state index is 0.0346. The van der Waals surface area contributed by atoms with Gasteiger partial charge in [-0.1, -0.05) is 48.9 Å². The van der Waals surface area contributed by atoms with Crippen LogP contribution in [0, 0.1) is 20.8 Å². The molecule has 0 aromatic heterocycles. The van der Waals surface area contributed by atoms with Crippen LogP contribution < -0.4 is 10.1 Å². The SMILES string of the molecule is CC[C@@H](Oc1cccc(C)c1C)C(=O)NCCCc1cccc(C)c1. The molecule has 3 heteroatoms. The molecular formula is C22H29NO2. The van der Waals surface area contributed by atoms with Crippen molar-refractivity contribution in [3.8, 4) is 5.75 Å². The van der Waals surface area contributed by atoms with Crippen LogP contribution in [0.25, 0.3) is 0 Å². The van der Waals surface area contributed by atoms with Gasteiger partial charge >= 0.3 is 0 Å². The van der Waals surface area contributed by atoms with Crippen LogP contribution in [0.3, 0.4) is 0 Å². The normalized spacial score (nSPS) is 11.8. The van der Waals surface area contributed by atoms with Crippen molar-refractivity contribution >= 4 is 5.91 Å². The minimum atomic E-state index is -0.445. The predicted octanol–water partition coefficient (Wildman–Crippen LogP) is 4.52. The average molecular weight is 339 g/mol. The summed E-state index contributed by atoms with van der Waals surface area (Å²) >= 11 is 0. The Morgan fingerprint density at radius 2 is 1.88 bits per heavy atom. The van der Waals surface area contributed by atoms with Crippen LogP contribution in [0.1, 0.15) is 42.0 Å². The van der Waals surface area contributed by atoms with E-state index in [1.807, 2.05) is 26.0 Å². The molecule has 1 atom stereocenters. The summed E-state index contributed by atoms with van der Waals surface area (Å²) in [4.78, 5) is 12.4. The number of amides is 1. The fourth-order valence-corrected chi connectivity index (χ4v) is 2.81. The molecule has 0 aliphatic heterocycles. The summed E-state index contributed by atoms with van der Waals surface area (Å²) in [5.74, 6) is 0.759. The predicted molar refractivity (Wildman–Crippen MR) is 103 cm³/mol. The number of benzene rings is 2. The largest absolute Gasteiger partial charge is 0.480 e. The maximum Gasteiger partial charge on any atom is 0.261 e. The first-order valence-electron chi connectivity index (χ1n) is 9.07. The molecule has 1 amide bonds. The minimum Gasteiger partial charge on any atom is -0.480 e. The summed E-state index contributed by atoms with van der Waals surface area (Å²) in [6.07, 6.45) is 2.10. The number of rotatable bonds is 8. The third-order valence-corrected chi connectivity index (χ3v) is 4.51. The third-order valence-electron chi connectivity index (χ3n) is 4.51. The van der Waals surface area contributed by atoms with Gasteiger partial charge in [-0.3, -0.25) is 4.79 Å². The fourth-order valence-electron chi connectivity index (χ4n) is 2.81. The van der Waals surface area contributed by atoms with Crippen LogP contribution in [0.5, 0.6) is 5.75 Å². The molecule has 0 aliphatic carbocycles. The zero-order valence-corrected chi connectivity index (χ0v) is 15.8. The number of nitrogens with one attached hydrogen (secondary N) is 1. The Labute approximate surface area is 151 Å². The summed E-state index contributed by atoms with van der Waals surface area (Å²) in [5, 5.41) is 3.01. The lowest BCUT2D eigenvalue weighted by Crippen LogP contribution is -2.38. The molecule has 0 fully saturated rings. The van der Waals surface area contributed by atoms with Gasteiger partial charge in [0.15, 0.2) is 6.10 Å². The second-order valence-electron chi connectivity index (χ2n) is 6.60. The zero-order chi connectivity index (χ0) is 18.2. The van der Waals surface area contributed by atoms with E-state index in [-0.39, 0.29) is 5.91 Å². The van der Waals surface area contributed by atoms with Gasteiger partial charge in [-0.25, -0.2) is 0 Å². The summed E-state index contributed by atoms with van der Waals surface area (Å²) in [6, 6.07) is 14.4. The number of hydrogen-bond donors (Lipinski definition) is 1. The standard InChI is InChI=1S/C22H29NO2/c1-5-20(25-21-13-7-10-17(3)18(21)4)22(24)23-14-8-12-19-11-6-9-16(2)15-19/h6-7,9-11,13,15,20H,5,8,12,14H2,1-4H3,(H,23,24)/t20-/m1/s1. The van der Waals surface area contributed by atoms with Gasteiger partial charge in [-0.05, 0) is 62.8 Å². The molecule has 0 aliphatic rings. The van der Waals surface area contributed by atoms with E-state index in [4.69, 9.17) is 4.74 Å². The van der Waals surface area contributed by atoms with Gasteiger partial charge in [0.05, 0.1) is 0 Å². The van der Waals surface area contributed by atoms with Gasteiger partial charge in [-0.15, -0.1) is 0 Å². The van der Waals surface area contributed by atoms with Crippen molar-refractivity contribution in [1.29, 1.82) is 0 Å². The smallest absolute Gasteiger partial charge is 0.261 e. The molecule has 0 bridgehead atoms. The number of ether oxygens (including phenoxy) is 1. The van der Waals surface area contributed by atoms with Crippen LogP contribution >= 0.6 is 0 Å². The molecule has 25 heavy (non-hydrogen) atoms. The highest BCUT2D eigenvalue weighted by Gasteiger charge is 2.18. The molecule has 0 saturated heterocycles. The first-order chi connectivity index (χ1) is 12.0. The summed E-state index contributed by atoms with van der Waals surface area (Å²) in [6.45, 7) is 8.81. The Morgan fingerprint density at radius 3 is 2.60 bits per heavy atom. The Balaban J connectivity index is 1.82. The highest BCUT2D eigenvalue weighted by Crippen LogP contribution is 2.22. The Hall–Kier alpha value is -2.29. The second-order valence-corrected chi connectivity index (χ2v) is 6.60. The maximum atomic E-state index is 12.4. The van der Waals surface area contributed by atoms with Crippen LogP contribution in [0.2, 0.25) is 0 Å². The molecular weight excluding hydrogens is 310 g/mol. The molecule has 0 radical (unpaired) electrons. The van der Waals surface area contributed by atoms with Crippen LogP contribution in [0.15, 0.2) is 42.5 Å². The van der Waals surface area contributed by atoms with Gasteiger partial charge in [0.25, 0.3) is 5.91 Å². The van der Waals surface area contributed by atoms with Gasteiger partial charge < -0.3 is 10.1 Å². The summed E-state index contributed by atoms with van der Waals surface area (Å²) < 4.78 is 5.96. The van der Waals surface area contributed by atoms with Gasteiger partial charge in [-0.2, -0.15) is 0 Å². The van der Waals surface area contributed by atoms with E-state index in [2.05, 4.69) is 49.5 Å². The molecule has 0 spiro atoms. The van der Waals surface area contributed by atoms with E-state index in [0.717, 1.165) is 24.2 Å². The number of aryl methyl sites for hydroxylation is 3. The van der Waals surface area contributed by atoms with Crippen molar-refractivity contribution in [3.63, 3.8) is 0 Å². The molecule has 2 aromatic rings. The fraction of sp³-hybridized carbons (Fsp3) is 0.409. The summed E-state index contributed by atoms with van der Waals surface area (Å²) in [5.41, 5.74) is 4.85. The monoisotopic (exact) mass is 339 g/mol. The summed E-state index contributed by atoms with van der Waals surface area (Å²) in [7, 11) is 0. The molecule has 134 valence electrons. The van der Waals surface area contributed by atoms with E-state index in [0.29, 0.717) is 13.0 Å². The molecule has 0 unspecified atom stereocenters. The van der Waals surface area contributed by atoms with Crippen molar-refractivity contribution in [2.24, 2.45) is 0 Å². The van der Waals surface area contributed by atoms with Crippen LogP contribution in [0.4, 0.5) is 0 Å². The molecule has 2 aromatic carbocycles. The third kappa shape index (κ3) is 5.63. The quantitative estimate of drug-likeness (QED) is 0.718. The van der Waals surface area contributed by atoms with Crippen molar-refractivity contribution in [1.82, 2.24) is 5.32 Å². The van der Waals surface area contributed by atoms with Crippen LogP contribution in [-0.4, -0.2) is 18.6 Å². The van der Waals surface area contributed by atoms with Crippen molar-refractivity contribution in [3.05, 3.63) is 64.7 Å². The van der Waals surface area contributed by atoms with Gasteiger partial charge in [0.1, 0.15) is 5.75 Å². The maximum absolute atomic E-state index is 12.4. The number of carbonyl (C=O) groups excluding carboxylic acids is 1.